The Bertz CT molecular complexity index is 1070. The summed E-state index contributed by atoms with van der Waals surface area (Å²) in [4.78, 5) is 28.0. The highest BCUT2D eigenvalue weighted by Gasteiger charge is 2.13. The molecule has 0 saturated carbocycles. The van der Waals surface area contributed by atoms with Crippen molar-refractivity contribution in [1.82, 2.24) is 9.55 Å². The van der Waals surface area contributed by atoms with Gasteiger partial charge < -0.3 is 11.1 Å². The minimum absolute atomic E-state index is 0.00247. The van der Waals surface area contributed by atoms with Crippen LogP contribution in [0.15, 0.2) is 70.6 Å². The largest absolute Gasteiger partial charge is 0.385 e. The summed E-state index contributed by atoms with van der Waals surface area (Å²) in [6.07, 6.45) is 0. The molecule has 0 atom stereocenters. The second-order valence-corrected chi connectivity index (χ2v) is 6.41. The standard InChI is InChI=1S/C19H15N5O2S/c20-11-13-6-4-5-9-15(13)22-18(26)12-27-19-23-17(25)10-16(21)24(19)14-7-2-1-3-8-14/h1-10H,12,21H2,(H,22,26). The third-order valence-corrected chi connectivity index (χ3v) is 4.53. The molecule has 7 nitrogen and oxygen atoms in total. The number of aromatic nitrogens is 2. The van der Waals surface area contributed by atoms with Gasteiger partial charge in [0.15, 0.2) is 5.16 Å². The topological polar surface area (TPSA) is 114 Å². The SMILES string of the molecule is N#Cc1ccccc1NC(=O)CSc1nc(=O)cc(N)n1-c1ccccc1. The van der Waals surface area contributed by atoms with Gasteiger partial charge in [-0.1, -0.05) is 42.1 Å². The number of hydrogen-bond donors (Lipinski definition) is 2. The van der Waals surface area contributed by atoms with E-state index in [4.69, 9.17) is 11.0 Å². The first-order chi connectivity index (χ1) is 13.1. The first kappa shape index (κ1) is 18.2. The summed E-state index contributed by atoms with van der Waals surface area (Å²) >= 11 is 1.09. The number of amides is 1. The van der Waals surface area contributed by atoms with Gasteiger partial charge in [-0.3, -0.25) is 14.2 Å². The highest BCUT2D eigenvalue weighted by molar-refractivity contribution is 7.99. The maximum absolute atomic E-state index is 12.3. The number of nitrogens with one attached hydrogen (secondary N) is 1. The molecule has 0 saturated heterocycles. The maximum Gasteiger partial charge on any atom is 0.275 e. The molecule has 0 fully saturated rings. The van der Waals surface area contributed by atoms with Crippen molar-refractivity contribution in [2.75, 3.05) is 16.8 Å². The van der Waals surface area contributed by atoms with Gasteiger partial charge in [-0.2, -0.15) is 10.2 Å². The van der Waals surface area contributed by atoms with Crippen molar-refractivity contribution in [3.8, 4) is 11.8 Å². The Kier molecular flexibility index (Phi) is 5.54. The molecule has 0 radical (unpaired) electrons. The molecule has 3 rings (SSSR count). The highest BCUT2D eigenvalue weighted by atomic mass is 32.2. The molecular weight excluding hydrogens is 362 g/mol. The Balaban J connectivity index is 1.81. The molecule has 1 amide bonds. The average molecular weight is 377 g/mol. The number of carbonyl (C=O) groups excluding carboxylic acids is 1. The lowest BCUT2D eigenvalue weighted by molar-refractivity contribution is -0.113. The van der Waals surface area contributed by atoms with Gasteiger partial charge >= 0.3 is 0 Å². The first-order valence-electron chi connectivity index (χ1n) is 7.95. The number of rotatable bonds is 5. The zero-order chi connectivity index (χ0) is 19.2. The van der Waals surface area contributed by atoms with Crippen molar-refractivity contribution < 1.29 is 4.79 Å². The molecule has 2 aromatic carbocycles. The number of thioether (sulfide) groups is 1. The van der Waals surface area contributed by atoms with Gasteiger partial charge in [0.2, 0.25) is 5.91 Å². The number of benzene rings is 2. The maximum atomic E-state index is 12.3. The van der Waals surface area contributed by atoms with Gasteiger partial charge in [-0.05, 0) is 24.3 Å². The van der Waals surface area contributed by atoms with Gasteiger partial charge in [0.25, 0.3) is 5.56 Å². The van der Waals surface area contributed by atoms with Crippen LogP contribution in [0.4, 0.5) is 11.5 Å². The first-order valence-corrected chi connectivity index (χ1v) is 8.94. The number of nitrogens with zero attached hydrogens (tertiary/aromatic N) is 3. The number of nitrogen functional groups attached to an aromatic ring is 1. The lowest BCUT2D eigenvalue weighted by atomic mass is 10.2. The van der Waals surface area contributed by atoms with E-state index in [0.717, 1.165) is 17.4 Å². The molecule has 1 heterocycles. The zero-order valence-electron chi connectivity index (χ0n) is 14.1. The second kappa shape index (κ2) is 8.21. The van der Waals surface area contributed by atoms with Crippen LogP contribution >= 0.6 is 11.8 Å². The fourth-order valence-electron chi connectivity index (χ4n) is 2.42. The van der Waals surface area contributed by atoms with Gasteiger partial charge in [-0.15, -0.1) is 0 Å². The zero-order valence-corrected chi connectivity index (χ0v) is 14.9. The Morgan fingerprint density at radius 3 is 2.63 bits per heavy atom. The summed E-state index contributed by atoms with van der Waals surface area (Å²) in [7, 11) is 0. The molecule has 0 aliphatic heterocycles. The number of nitriles is 1. The van der Waals surface area contributed by atoms with E-state index in [0.29, 0.717) is 16.4 Å². The van der Waals surface area contributed by atoms with Gasteiger partial charge in [0.05, 0.1) is 17.0 Å². The third kappa shape index (κ3) is 4.34. The molecule has 1 aromatic heterocycles. The smallest absolute Gasteiger partial charge is 0.275 e. The minimum Gasteiger partial charge on any atom is -0.385 e. The summed E-state index contributed by atoms with van der Waals surface area (Å²) in [5.41, 5.74) is 7.07. The molecule has 3 aromatic rings. The van der Waals surface area contributed by atoms with Crippen molar-refractivity contribution in [2.24, 2.45) is 0 Å². The lowest BCUT2D eigenvalue weighted by Crippen LogP contribution is -2.19. The van der Waals surface area contributed by atoms with Gasteiger partial charge in [-0.25, -0.2) is 0 Å². The summed E-state index contributed by atoms with van der Waals surface area (Å²) < 4.78 is 1.61. The third-order valence-electron chi connectivity index (χ3n) is 3.60. The lowest BCUT2D eigenvalue weighted by Gasteiger charge is -2.14. The number of carbonyl (C=O) groups is 1. The molecule has 0 spiro atoms. The van der Waals surface area contributed by atoms with E-state index in [1.54, 1.807) is 28.8 Å². The van der Waals surface area contributed by atoms with E-state index in [-0.39, 0.29) is 17.5 Å². The van der Waals surface area contributed by atoms with Crippen LogP contribution in [0.2, 0.25) is 0 Å². The van der Waals surface area contributed by atoms with Crippen molar-refractivity contribution in [3.63, 3.8) is 0 Å². The molecule has 0 unspecified atom stereocenters. The van der Waals surface area contributed by atoms with Crippen LogP contribution in [-0.4, -0.2) is 21.2 Å². The van der Waals surface area contributed by atoms with Gasteiger partial charge in [0.1, 0.15) is 11.9 Å². The van der Waals surface area contributed by atoms with E-state index in [1.807, 2.05) is 36.4 Å². The van der Waals surface area contributed by atoms with Crippen LogP contribution in [0, 0.1) is 11.3 Å². The summed E-state index contributed by atoms with van der Waals surface area (Å²) in [5, 5.41) is 12.1. The number of hydrogen-bond acceptors (Lipinski definition) is 6. The molecule has 3 N–H and O–H groups in total. The number of para-hydroxylation sites is 2. The Morgan fingerprint density at radius 1 is 1.19 bits per heavy atom. The summed E-state index contributed by atoms with van der Waals surface area (Å²) in [5.74, 6) is -0.0828. The molecular formula is C19H15N5O2S. The molecule has 8 heteroatoms. The van der Waals surface area contributed by atoms with Crippen molar-refractivity contribution in [3.05, 3.63) is 76.6 Å². The van der Waals surface area contributed by atoms with Crippen LogP contribution in [0.25, 0.3) is 5.69 Å². The van der Waals surface area contributed by atoms with Crippen LogP contribution in [0.5, 0.6) is 0 Å². The van der Waals surface area contributed by atoms with Crippen molar-refractivity contribution in [1.29, 1.82) is 5.26 Å². The number of nitrogens with two attached hydrogens (primary N) is 1. The Hall–Kier alpha value is -3.57. The van der Waals surface area contributed by atoms with Crippen LogP contribution in [0.1, 0.15) is 5.56 Å². The van der Waals surface area contributed by atoms with Crippen molar-refractivity contribution >= 4 is 29.2 Å². The quantitative estimate of drug-likeness (QED) is 0.521. The molecule has 0 bridgehead atoms. The van der Waals surface area contributed by atoms with Crippen LogP contribution in [-0.2, 0) is 4.79 Å². The van der Waals surface area contributed by atoms with Gasteiger partial charge in [0, 0.05) is 11.8 Å². The molecule has 0 aliphatic carbocycles. The van der Waals surface area contributed by atoms with E-state index in [9.17, 15) is 9.59 Å². The molecule has 0 aliphatic rings. The molecule has 134 valence electrons. The summed E-state index contributed by atoms with van der Waals surface area (Å²) in [6, 6.07) is 19.2. The highest BCUT2D eigenvalue weighted by Crippen LogP contribution is 2.22. The second-order valence-electron chi connectivity index (χ2n) is 5.47. The fourth-order valence-corrected chi connectivity index (χ4v) is 3.24. The van der Waals surface area contributed by atoms with Crippen LogP contribution in [0.3, 0.4) is 0 Å². The predicted octanol–water partition coefficient (Wildman–Crippen LogP) is 2.42. The Morgan fingerprint density at radius 2 is 1.89 bits per heavy atom. The van der Waals surface area contributed by atoms with Crippen LogP contribution < -0.4 is 16.6 Å². The monoisotopic (exact) mass is 377 g/mol. The number of anilines is 2. The van der Waals surface area contributed by atoms with Crippen molar-refractivity contribution in [2.45, 2.75) is 5.16 Å². The average Bonchev–Trinajstić information content (AvgIpc) is 2.67. The van der Waals surface area contributed by atoms with E-state index in [2.05, 4.69) is 10.3 Å². The summed E-state index contributed by atoms with van der Waals surface area (Å²) in [6.45, 7) is 0. The predicted molar refractivity (Wildman–Crippen MR) is 105 cm³/mol. The molecule has 27 heavy (non-hydrogen) atoms. The van der Waals surface area contributed by atoms with E-state index >= 15 is 0 Å². The van der Waals surface area contributed by atoms with E-state index in [1.165, 1.54) is 6.07 Å². The minimum atomic E-state index is -0.475. The fraction of sp³-hybridized carbons (Fsp3) is 0.0526. The van der Waals surface area contributed by atoms with E-state index < -0.39 is 5.56 Å². The Labute approximate surface area is 159 Å². The normalized spacial score (nSPS) is 10.2.